The van der Waals surface area contributed by atoms with Gasteiger partial charge in [-0.25, -0.2) is 4.79 Å². The second kappa shape index (κ2) is 8.83. The number of carbonyl (C=O) groups excluding carboxylic acids is 1. The average Bonchev–Trinajstić information content (AvgIpc) is 3.01. The summed E-state index contributed by atoms with van der Waals surface area (Å²) < 4.78 is 0. The molecule has 0 saturated heterocycles. The van der Waals surface area contributed by atoms with Gasteiger partial charge in [0.1, 0.15) is 5.78 Å². The molecule has 0 aliphatic heterocycles. The molecule has 0 amide bonds. The number of aryl methyl sites for hydroxylation is 3. The van der Waals surface area contributed by atoms with Crippen LogP contribution >= 0.6 is 11.3 Å². The summed E-state index contributed by atoms with van der Waals surface area (Å²) in [6.07, 6.45) is 3.24. The molecule has 3 nitrogen and oxygen atoms in total. The molecule has 0 spiro atoms. The SMILES string of the molecule is CCC(CC)(c1ccc(C(=O)O)c(C)c1)c1cc(C)c(CCC(=O)C(C)(C)C)s1. The molecule has 4 heteroatoms. The molecule has 0 radical (unpaired) electrons. The van der Waals surface area contributed by atoms with Crippen molar-refractivity contribution in [3.05, 3.63) is 56.3 Å². The first-order chi connectivity index (χ1) is 13.5. The largest absolute Gasteiger partial charge is 0.478 e. The molecule has 0 bridgehead atoms. The van der Waals surface area contributed by atoms with Crippen molar-refractivity contribution < 1.29 is 14.7 Å². The van der Waals surface area contributed by atoms with E-state index in [2.05, 4.69) is 26.8 Å². The maximum Gasteiger partial charge on any atom is 0.335 e. The number of carboxylic acids is 1. The Bertz CT molecular complexity index is 895. The van der Waals surface area contributed by atoms with Gasteiger partial charge >= 0.3 is 5.97 Å². The maximum absolute atomic E-state index is 12.4. The molecule has 1 heterocycles. The first kappa shape index (κ1) is 23.3. The Morgan fingerprint density at radius 3 is 2.10 bits per heavy atom. The minimum Gasteiger partial charge on any atom is -0.478 e. The van der Waals surface area contributed by atoms with Crippen LogP contribution in [-0.4, -0.2) is 16.9 Å². The van der Waals surface area contributed by atoms with Crippen molar-refractivity contribution in [1.82, 2.24) is 0 Å². The van der Waals surface area contributed by atoms with Gasteiger partial charge in [-0.05, 0) is 61.9 Å². The summed E-state index contributed by atoms with van der Waals surface area (Å²) in [7, 11) is 0. The molecule has 2 aromatic rings. The number of ketones is 1. The fourth-order valence-corrected chi connectivity index (χ4v) is 5.48. The summed E-state index contributed by atoms with van der Waals surface area (Å²) in [6, 6.07) is 8.01. The summed E-state index contributed by atoms with van der Waals surface area (Å²) in [5, 5.41) is 9.37. The van der Waals surface area contributed by atoms with Gasteiger partial charge in [-0.3, -0.25) is 4.79 Å². The number of hydrogen-bond acceptors (Lipinski definition) is 3. The summed E-state index contributed by atoms with van der Waals surface area (Å²) in [5.41, 5.74) is 3.14. The van der Waals surface area contributed by atoms with Crippen LogP contribution in [0.25, 0.3) is 0 Å². The Morgan fingerprint density at radius 1 is 1.00 bits per heavy atom. The van der Waals surface area contributed by atoms with Crippen LogP contribution < -0.4 is 0 Å². The van der Waals surface area contributed by atoms with Gasteiger partial charge in [0.2, 0.25) is 0 Å². The van der Waals surface area contributed by atoms with Crippen molar-refractivity contribution >= 4 is 23.1 Å². The normalized spacial score (nSPS) is 12.2. The molecule has 1 aromatic heterocycles. The van der Waals surface area contributed by atoms with Crippen LogP contribution in [0.15, 0.2) is 24.3 Å². The first-order valence-corrected chi connectivity index (χ1v) is 11.3. The average molecular weight is 415 g/mol. The minimum absolute atomic E-state index is 0.135. The third-order valence-corrected chi connectivity index (χ3v) is 7.63. The van der Waals surface area contributed by atoms with Gasteiger partial charge in [0.25, 0.3) is 0 Å². The lowest BCUT2D eigenvalue weighted by molar-refractivity contribution is -0.126. The molecule has 2 rings (SSSR count). The third kappa shape index (κ3) is 4.80. The Kier molecular flexibility index (Phi) is 7.10. The zero-order valence-electron chi connectivity index (χ0n) is 18.8. The Balaban J connectivity index is 2.42. The summed E-state index contributed by atoms with van der Waals surface area (Å²) in [4.78, 5) is 26.4. The van der Waals surface area contributed by atoms with Crippen molar-refractivity contribution in [3.8, 4) is 0 Å². The zero-order chi connectivity index (χ0) is 22.0. The van der Waals surface area contributed by atoms with Crippen LogP contribution in [0.1, 0.15) is 90.7 Å². The van der Waals surface area contributed by atoms with E-state index in [4.69, 9.17) is 0 Å². The summed E-state index contributed by atoms with van der Waals surface area (Å²) >= 11 is 1.81. The molecule has 1 N–H and O–H groups in total. The predicted octanol–water partition coefficient (Wildman–Crippen LogP) is 6.72. The molecule has 0 saturated carbocycles. The van der Waals surface area contributed by atoms with E-state index in [9.17, 15) is 14.7 Å². The number of aromatic carboxylic acids is 1. The van der Waals surface area contributed by atoms with Gasteiger partial charge in [-0.2, -0.15) is 0 Å². The maximum atomic E-state index is 12.4. The van der Waals surface area contributed by atoms with Crippen LogP contribution in [0.3, 0.4) is 0 Å². The lowest BCUT2D eigenvalue weighted by Crippen LogP contribution is -2.25. The number of carboxylic acid groups (broad SMARTS) is 1. The molecule has 0 atom stereocenters. The molecular weight excluding hydrogens is 380 g/mol. The van der Waals surface area contributed by atoms with E-state index in [-0.39, 0.29) is 10.8 Å². The summed E-state index contributed by atoms with van der Waals surface area (Å²) in [6.45, 7) is 14.3. The van der Waals surface area contributed by atoms with Crippen molar-refractivity contribution in [3.63, 3.8) is 0 Å². The lowest BCUT2D eigenvalue weighted by Gasteiger charge is -2.32. The van der Waals surface area contributed by atoms with E-state index in [0.717, 1.165) is 24.8 Å². The number of Topliss-reactive ketones (excluding diaryl/α,β-unsaturated/α-hetero) is 1. The molecule has 1 aromatic carbocycles. The van der Waals surface area contributed by atoms with Crippen molar-refractivity contribution in [2.75, 3.05) is 0 Å². The highest BCUT2D eigenvalue weighted by Gasteiger charge is 2.33. The number of benzene rings is 1. The second-order valence-electron chi connectivity index (χ2n) is 9.01. The second-order valence-corrected chi connectivity index (χ2v) is 10.2. The smallest absolute Gasteiger partial charge is 0.335 e. The lowest BCUT2D eigenvalue weighted by atomic mass is 9.74. The first-order valence-electron chi connectivity index (χ1n) is 10.4. The fourth-order valence-electron chi connectivity index (χ4n) is 3.96. The molecule has 158 valence electrons. The van der Waals surface area contributed by atoms with E-state index in [1.54, 1.807) is 6.07 Å². The van der Waals surface area contributed by atoms with Gasteiger partial charge in [0.05, 0.1) is 5.56 Å². The molecule has 0 unspecified atom stereocenters. The molecule has 0 aliphatic rings. The van der Waals surface area contributed by atoms with E-state index in [1.807, 2.05) is 51.2 Å². The van der Waals surface area contributed by atoms with E-state index in [1.165, 1.54) is 20.9 Å². The highest BCUT2D eigenvalue weighted by atomic mass is 32.1. The quantitative estimate of drug-likeness (QED) is 0.522. The predicted molar refractivity (Wildman–Crippen MR) is 121 cm³/mol. The molecule has 0 fully saturated rings. The van der Waals surface area contributed by atoms with Gasteiger partial charge < -0.3 is 5.11 Å². The fraction of sp³-hybridized carbons (Fsp3) is 0.520. The van der Waals surface area contributed by atoms with Crippen molar-refractivity contribution in [2.45, 2.75) is 79.6 Å². The topological polar surface area (TPSA) is 54.4 Å². The van der Waals surface area contributed by atoms with Gasteiger partial charge in [0.15, 0.2) is 0 Å². The van der Waals surface area contributed by atoms with Crippen LogP contribution in [-0.2, 0) is 16.6 Å². The molecule has 0 aliphatic carbocycles. The summed E-state index contributed by atoms with van der Waals surface area (Å²) in [5.74, 6) is -0.589. The van der Waals surface area contributed by atoms with Crippen molar-refractivity contribution in [1.29, 1.82) is 0 Å². The van der Waals surface area contributed by atoms with Crippen LogP contribution in [0.4, 0.5) is 0 Å². The minimum atomic E-state index is -0.884. The number of thiophene rings is 1. The van der Waals surface area contributed by atoms with E-state index >= 15 is 0 Å². The third-order valence-electron chi connectivity index (χ3n) is 6.12. The van der Waals surface area contributed by atoms with Gasteiger partial charge in [0, 0.05) is 27.0 Å². The Labute approximate surface area is 179 Å². The monoisotopic (exact) mass is 414 g/mol. The van der Waals surface area contributed by atoms with Gasteiger partial charge in [-0.1, -0.05) is 46.8 Å². The number of rotatable bonds is 8. The van der Waals surface area contributed by atoms with Crippen molar-refractivity contribution in [2.24, 2.45) is 5.41 Å². The number of hydrogen-bond donors (Lipinski definition) is 1. The highest BCUT2D eigenvalue weighted by Crippen LogP contribution is 2.44. The molecular formula is C25H34O3S. The van der Waals surface area contributed by atoms with Crippen LogP contribution in [0.2, 0.25) is 0 Å². The van der Waals surface area contributed by atoms with Gasteiger partial charge in [-0.15, -0.1) is 11.3 Å². The molecule has 29 heavy (non-hydrogen) atoms. The Hall–Kier alpha value is -1.94. The van der Waals surface area contributed by atoms with Crippen LogP contribution in [0.5, 0.6) is 0 Å². The van der Waals surface area contributed by atoms with E-state index < -0.39 is 5.97 Å². The number of carbonyl (C=O) groups is 2. The standard InChI is InChI=1S/C25H34O3S/c1-8-25(9-2,18-10-11-19(23(27)28)16(3)14-18)22-15-17(4)20(29-22)12-13-21(26)24(5,6)7/h10-11,14-15H,8-9,12-13H2,1-7H3,(H,27,28). The zero-order valence-corrected chi connectivity index (χ0v) is 19.6. The Morgan fingerprint density at radius 2 is 1.62 bits per heavy atom. The van der Waals surface area contributed by atoms with E-state index in [0.29, 0.717) is 17.8 Å². The van der Waals surface area contributed by atoms with Crippen LogP contribution in [0, 0.1) is 19.3 Å². The highest BCUT2D eigenvalue weighted by molar-refractivity contribution is 7.12.